The van der Waals surface area contributed by atoms with Gasteiger partial charge in [-0.3, -0.25) is 14.4 Å². The average molecular weight is 382 g/mol. The molecule has 0 aliphatic carbocycles. The van der Waals surface area contributed by atoms with Crippen molar-refractivity contribution in [3.63, 3.8) is 0 Å². The van der Waals surface area contributed by atoms with Crippen LogP contribution in [-0.2, 0) is 25.7 Å². The van der Waals surface area contributed by atoms with Crippen LogP contribution in [0.1, 0.15) is 25.8 Å². The lowest BCUT2D eigenvalue weighted by Gasteiger charge is -2.24. The SMILES string of the molecule is CC(C)[C@@H](NC(=O)OCc1ccccc1)C(=O)NC(CC(=O)O)C(=O)CF. The first-order chi connectivity index (χ1) is 12.7. The Bertz CT molecular complexity index is 665. The maximum atomic E-state index is 12.6. The molecule has 9 heteroatoms. The van der Waals surface area contributed by atoms with Gasteiger partial charge in [0.1, 0.15) is 25.4 Å². The number of Topliss-reactive ketones (excluding diaryl/α,β-unsaturated/α-hetero) is 1. The highest BCUT2D eigenvalue weighted by molar-refractivity contribution is 5.94. The molecule has 1 aromatic carbocycles. The van der Waals surface area contributed by atoms with Crippen molar-refractivity contribution in [3.05, 3.63) is 35.9 Å². The molecule has 0 saturated carbocycles. The summed E-state index contributed by atoms with van der Waals surface area (Å²) in [5.74, 6) is -3.60. The lowest BCUT2D eigenvalue weighted by molar-refractivity contribution is -0.140. The van der Waals surface area contributed by atoms with Crippen LogP contribution < -0.4 is 10.6 Å². The fraction of sp³-hybridized carbons (Fsp3) is 0.444. The van der Waals surface area contributed by atoms with Gasteiger partial charge in [-0.05, 0) is 11.5 Å². The van der Waals surface area contributed by atoms with E-state index in [-0.39, 0.29) is 12.5 Å². The van der Waals surface area contributed by atoms with Gasteiger partial charge in [0.25, 0.3) is 0 Å². The fourth-order valence-electron chi connectivity index (χ4n) is 2.20. The zero-order chi connectivity index (χ0) is 20.4. The highest BCUT2D eigenvalue weighted by Gasteiger charge is 2.30. The van der Waals surface area contributed by atoms with E-state index in [9.17, 15) is 23.6 Å². The normalized spacial score (nSPS) is 12.7. The number of hydrogen-bond acceptors (Lipinski definition) is 5. The second-order valence-corrected chi connectivity index (χ2v) is 6.19. The van der Waals surface area contributed by atoms with Crippen molar-refractivity contribution in [1.29, 1.82) is 0 Å². The summed E-state index contributed by atoms with van der Waals surface area (Å²) < 4.78 is 17.6. The second-order valence-electron chi connectivity index (χ2n) is 6.19. The molecular formula is C18H23FN2O6. The number of aliphatic carboxylic acids is 1. The summed E-state index contributed by atoms with van der Waals surface area (Å²) in [6, 6.07) is 6.31. The van der Waals surface area contributed by atoms with Gasteiger partial charge in [0.2, 0.25) is 5.91 Å². The lowest BCUT2D eigenvalue weighted by Crippen LogP contribution is -2.54. The number of hydrogen-bond donors (Lipinski definition) is 3. The molecule has 0 aliphatic rings. The Hall–Kier alpha value is -2.97. The van der Waals surface area contributed by atoms with Gasteiger partial charge in [-0.1, -0.05) is 44.2 Å². The number of ether oxygens (including phenoxy) is 1. The quantitative estimate of drug-likeness (QED) is 0.563. The molecule has 0 aliphatic heterocycles. The summed E-state index contributed by atoms with van der Waals surface area (Å²) in [6.07, 6.45) is -1.60. The van der Waals surface area contributed by atoms with Crippen LogP contribution >= 0.6 is 0 Å². The molecule has 0 spiro atoms. The number of carbonyl (C=O) groups is 4. The van der Waals surface area contributed by atoms with E-state index in [2.05, 4.69) is 10.6 Å². The predicted molar refractivity (Wildman–Crippen MR) is 93.6 cm³/mol. The molecule has 8 nitrogen and oxygen atoms in total. The zero-order valence-electron chi connectivity index (χ0n) is 15.1. The highest BCUT2D eigenvalue weighted by Crippen LogP contribution is 2.06. The summed E-state index contributed by atoms with van der Waals surface area (Å²) in [7, 11) is 0. The first-order valence-corrected chi connectivity index (χ1v) is 8.32. The summed E-state index contributed by atoms with van der Waals surface area (Å²) in [6.45, 7) is 1.88. The number of halogens is 1. The number of alkyl halides is 1. The second kappa shape index (κ2) is 10.9. The first kappa shape index (κ1) is 22.1. The molecule has 3 N–H and O–H groups in total. The van der Waals surface area contributed by atoms with Crippen molar-refractivity contribution in [1.82, 2.24) is 10.6 Å². The van der Waals surface area contributed by atoms with Gasteiger partial charge in [0, 0.05) is 0 Å². The van der Waals surface area contributed by atoms with E-state index >= 15 is 0 Å². The smallest absolute Gasteiger partial charge is 0.408 e. The van der Waals surface area contributed by atoms with Crippen molar-refractivity contribution < 1.29 is 33.4 Å². The minimum absolute atomic E-state index is 0.00108. The van der Waals surface area contributed by atoms with E-state index < -0.39 is 48.9 Å². The van der Waals surface area contributed by atoms with Gasteiger partial charge < -0.3 is 20.5 Å². The number of rotatable bonds is 10. The maximum absolute atomic E-state index is 12.6. The molecule has 1 aromatic rings. The number of carbonyl (C=O) groups excluding carboxylic acids is 3. The number of ketones is 1. The van der Waals surface area contributed by atoms with Crippen LogP contribution in [0.3, 0.4) is 0 Å². The minimum Gasteiger partial charge on any atom is -0.481 e. The zero-order valence-corrected chi connectivity index (χ0v) is 15.1. The van der Waals surface area contributed by atoms with E-state index in [1.54, 1.807) is 38.1 Å². The maximum Gasteiger partial charge on any atom is 0.408 e. The van der Waals surface area contributed by atoms with E-state index in [1.165, 1.54) is 0 Å². The fourth-order valence-corrected chi connectivity index (χ4v) is 2.20. The number of carboxylic acid groups (broad SMARTS) is 1. The van der Waals surface area contributed by atoms with Crippen LogP contribution in [0.25, 0.3) is 0 Å². The number of alkyl carbamates (subject to hydrolysis) is 1. The molecule has 0 bridgehead atoms. The Morgan fingerprint density at radius 2 is 1.74 bits per heavy atom. The highest BCUT2D eigenvalue weighted by atomic mass is 19.1. The van der Waals surface area contributed by atoms with E-state index in [0.29, 0.717) is 0 Å². The van der Waals surface area contributed by atoms with Crippen LogP contribution in [0.15, 0.2) is 30.3 Å². The van der Waals surface area contributed by atoms with Crippen LogP contribution in [-0.4, -0.2) is 47.6 Å². The standard InChI is InChI=1S/C18H23FN2O6/c1-11(2)16(17(25)20-13(8-15(23)24)14(22)9-19)21-18(26)27-10-12-6-4-3-5-7-12/h3-7,11,13,16H,8-10H2,1-2H3,(H,20,25)(H,21,26)(H,23,24)/t13?,16-/m1/s1. The molecule has 0 radical (unpaired) electrons. The molecule has 27 heavy (non-hydrogen) atoms. The van der Waals surface area contributed by atoms with Gasteiger partial charge in [-0.2, -0.15) is 0 Å². The number of amides is 2. The number of benzene rings is 1. The third-order valence-corrected chi connectivity index (χ3v) is 3.65. The monoisotopic (exact) mass is 382 g/mol. The Labute approximate surface area is 156 Å². The molecule has 2 atom stereocenters. The summed E-state index contributed by atoms with van der Waals surface area (Å²) >= 11 is 0. The molecule has 0 fully saturated rings. The minimum atomic E-state index is -1.51. The van der Waals surface area contributed by atoms with Gasteiger partial charge >= 0.3 is 12.1 Å². The van der Waals surface area contributed by atoms with E-state index in [0.717, 1.165) is 5.56 Å². The molecule has 0 heterocycles. The third kappa shape index (κ3) is 7.85. The van der Waals surface area contributed by atoms with Crippen molar-refractivity contribution in [2.45, 2.75) is 39.0 Å². The third-order valence-electron chi connectivity index (χ3n) is 3.65. The van der Waals surface area contributed by atoms with Gasteiger partial charge in [0.15, 0.2) is 5.78 Å². The molecule has 1 unspecified atom stereocenters. The largest absolute Gasteiger partial charge is 0.481 e. The van der Waals surface area contributed by atoms with E-state index in [4.69, 9.17) is 9.84 Å². The Kier molecular flexibility index (Phi) is 8.91. The Morgan fingerprint density at radius 1 is 1.11 bits per heavy atom. The molecule has 148 valence electrons. The first-order valence-electron chi connectivity index (χ1n) is 8.32. The molecule has 0 aromatic heterocycles. The van der Waals surface area contributed by atoms with Gasteiger partial charge in [-0.25, -0.2) is 9.18 Å². The number of carboxylic acids is 1. The van der Waals surface area contributed by atoms with Crippen molar-refractivity contribution >= 4 is 23.8 Å². The average Bonchev–Trinajstić information content (AvgIpc) is 2.63. The van der Waals surface area contributed by atoms with Crippen molar-refractivity contribution in [2.75, 3.05) is 6.67 Å². The molecular weight excluding hydrogens is 359 g/mol. The molecule has 0 saturated heterocycles. The predicted octanol–water partition coefficient (Wildman–Crippen LogP) is 1.44. The summed E-state index contributed by atoms with van der Waals surface area (Å²) in [5, 5.41) is 13.4. The Morgan fingerprint density at radius 3 is 2.26 bits per heavy atom. The number of nitrogens with one attached hydrogen (secondary N) is 2. The van der Waals surface area contributed by atoms with Crippen LogP contribution in [0.2, 0.25) is 0 Å². The lowest BCUT2D eigenvalue weighted by atomic mass is 10.0. The summed E-state index contributed by atoms with van der Waals surface area (Å²) in [4.78, 5) is 46.6. The van der Waals surface area contributed by atoms with Crippen LogP contribution in [0.4, 0.5) is 9.18 Å². The summed E-state index contributed by atoms with van der Waals surface area (Å²) in [5.41, 5.74) is 0.758. The van der Waals surface area contributed by atoms with Crippen LogP contribution in [0, 0.1) is 5.92 Å². The van der Waals surface area contributed by atoms with Crippen molar-refractivity contribution in [2.24, 2.45) is 5.92 Å². The molecule has 1 rings (SSSR count). The van der Waals surface area contributed by atoms with Crippen molar-refractivity contribution in [3.8, 4) is 0 Å². The van der Waals surface area contributed by atoms with Gasteiger partial charge in [-0.15, -0.1) is 0 Å². The topological polar surface area (TPSA) is 122 Å². The molecule has 2 amide bonds. The Balaban J connectivity index is 2.69. The van der Waals surface area contributed by atoms with Crippen LogP contribution in [0.5, 0.6) is 0 Å². The van der Waals surface area contributed by atoms with Gasteiger partial charge in [0.05, 0.1) is 6.42 Å². The van der Waals surface area contributed by atoms with E-state index in [1.807, 2.05) is 6.07 Å².